The quantitative estimate of drug-likeness (QED) is 0.544. The summed E-state index contributed by atoms with van der Waals surface area (Å²) in [5, 5.41) is 12.8. The van der Waals surface area contributed by atoms with Crippen LogP contribution in [-0.2, 0) is 13.0 Å². The predicted octanol–water partition coefficient (Wildman–Crippen LogP) is 2.46. The van der Waals surface area contributed by atoms with E-state index >= 15 is 4.39 Å². The predicted molar refractivity (Wildman–Crippen MR) is 119 cm³/mol. The lowest BCUT2D eigenvalue weighted by atomic mass is 10.0. The number of carbonyl (C=O) groups is 1. The molecule has 1 atom stereocenters. The number of aromatic carboxylic acids is 1. The van der Waals surface area contributed by atoms with E-state index in [-0.39, 0.29) is 17.0 Å². The van der Waals surface area contributed by atoms with E-state index in [0.717, 1.165) is 5.56 Å². The van der Waals surface area contributed by atoms with Crippen LogP contribution in [0.5, 0.6) is 0 Å². The third kappa shape index (κ3) is 3.98. The van der Waals surface area contributed by atoms with Gasteiger partial charge in [-0.1, -0.05) is 12.1 Å². The van der Waals surface area contributed by atoms with Crippen molar-refractivity contribution < 1.29 is 14.3 Å². The number of pyridine rings is 1. The highest BCUT2D eigenvalue weighted by atomic mass is 19.1. The van der Waals surface area contributed by atoms with Gasteiger partial charge in [-0.3, -0.25) is 4.79 Å². The molecular weight excluding hydrogens is 399 g/mol. The van der Waals surface area contributed by atoms with Gasteiger partial charge >= 0.3 is 5.97 Å². The average molecular weight is 424 g/mol. The van der Waals surface area contributed by atoms with Crippen LogP contribution in [0.4, 0.5) is 15.8 Å². The minimum atomic E-state index is -1.32. The van der Waals surface area contributed by atoms with Gasteiger partial charge in [-0.2, -0.15) is 0 Å². The van der Waals surface area contributed by atoms with Gasteiger partial charge in [0.15, 0.2) is 0 Å². The molecule has 4 N–H and O–H groups in total. The van der Waals surface area contributed by atoms with Crippen molar-refractivity contribution in [2.45, 2.75) is 25.9 Å². The largest absolute Gasteiger partial charge is 0.477 e. The number of anilines is 2. The molecule has 1 fully saturated rings. The van der Waals surface area contributed by atoms with Crippen molar-refractivity contribution in [3.63, 3.8) is 0 Å². The summed E-state index contributed by atoms with van der Waals surface area (Å²) < 4.78 is 16.9. The van der Waals surface area contributed by atoms with Crippen LogP contribution in [0.1, 0.15) is 22.8 Å². The molecule has 3 aromatic rings. The Hall–Kier alpha value is -3.39. The smallest absolute Gasteiger partial charge is 0.341 e. The molecule has 31 heavy (non-hydrogen) atoms. The molecule has 1 saturated heterocycles. The van der Waals surface area contributed by atoms with Gasteiger partial charge in [0.25, 0.3) is 0 Å². The molecular formula is C23H25FN4O3. The van der Waals surface area contributed by atoms with Gasteiger partial charge in [0.1, 0.15) is 11.4 Å². The lowest BCUT2D eigenvalue weighted by Crippen LogP contribution is -2.52. The number of nitrogens with one attached hydrogen (secondary N) is 1. The number of benzene rings is 2. The van der Waals surface area contributed by atoms with Crippen LogP contribution >= 0.6 is 0 Å². The summed E-state index contributed by atoms with van der Waals surface area (Å²) in [6.45, 7) is 4.34. The van der Waals surface area contributed by atoms with Gasteiger partial charge in [-0.25, -0.2) is 9.18 Å². The highest BCUT2D eigenvalue weighted by molar-refractivity contribution is 5.93. The fraction of sp³-hybridized carbons (Fsp3) is 0.304. The van der Waals surface area contributed by atoms with Crippen molar-refractivity contribution in [3.8, 4) is 0 Å². The first-order valence-electron chi connectivity index (χ1n) is 10.3. The van der Waals surface area contributed by atoms with Gasteiger partial charge in [0.05, 0.1) is 11.2 Å². The number of nitrogens with zero attached hydrogens (tertiary/aromatic N) is 2. The van der Waals surface area contributed by atoms with Crippen LogP contribution in [0.3, 0.4) is 0 Å². The summed E-state index contributed by atoms with van der Waals surface area (Å²) in [7, 11) is 0. The number of nitrogen functional groups attached to an aromatic ring is 1. The second-order valence-electron chi connectivity index (χ2n) is 7.78. The fourth-order valence-corrected chi connectivity index (χ4v) is 4.22. The molecule has 2 heterocycles. The molecule has 2 aromatic carbocycles. The van der Waals surface area contributed by atoms with Crippen LogP contribution in [0, 0.1) is 5.82 Å². The summed E-state index contributed by atoms with van der Waals surface area (Å²) in [6, 6.07) is 10.5. The van der Waals surface area contributed by atoms with Crippen LogP contribution in [0.25, 0.3) is 10.9 Å². The Morgan fingerprint density at radius 3 is 2.71 bits per heavy atom. The number of carboxylic acids is 1. The van der Waals surface area contributed by atoms with E-state index in [4.69, 9.17) is 5.73 Å². The normalized spacial score (nSPS) is 16.6. The molecule has 0 bridgehead atoms. The van der Waals surface area contributed by atoms with Crippen molar-refractivity contribution in [1.29, 1.82) is 0 Å². The molecule has 4 rings (SSSR count). The van der Waals surface area contributed by atoms with E-state index in [1.54, 1.807) is 10.6 Å². The summed E-state index contributed by atoms with van der Waals surface area (Å²) in [5.41, 5.74) is 7.50. The first-order valence-corrected chi connectivity index (χ1v) is 10.3. The van der Waals surface area contributed by atoms with Gasteiger partial charge in [0.2, 0.25) is 5.43 Å². The van der Waals surface area contributed by atoms with Crippen LogP contribution in [-0.4, -0.2) is 41.3 Å². The monoisotopic (exact) mass is 424 g/mol. The molecule has 162 valence electrons. The molecule has 0 radical (unpaired) electrons. The third-order valence-electron chi connectivity index (χ3n) is 5.83. The summed E-state index contributed by atoms with van der Waals surface area (Å²) in [6.07, 6.45) is 2.04. The van der Waals surface area contributed by atoms with Crippen molar-refractivity contribution in [3.05, 3.63) is 69.8 Å². The fourth-order valence-electron chi connectivity index (χ4n) is 4.22. The Morgan fingerprint density at radius 1 is 1.29 bits per heavy atom. The molecule has 0 aliphatic carbocycles. The van der Waals surface area contributed by atoms with E-state index in [1.165, 1.54) is 12.3 Å². The topological polar surface area (TPSA) is 101 Å². The van der Waals surface area contributed by atoms with Crippen molar-refractivity contribution >= 4 is 28.2 Å². The van der Waals surface area contributed by atoms with Gasteiger partial charge in [-0.15, -0.1) is 0 Å². The Balaban J connectivity index is 1.78. The molecule has 0 saturated carbocycles. The zero-order valence-corrected chi connectivity index (χ0v) is 17.3. The van der Waals surface area contributed by atoms with Gasteiger partial charge in [0, 0.05) is 49.5 Å². The molecule has 1 unspecified atom stereocenters. The molecule has 0 spiro atoms. The molecule has 7 nitrogen and oxygen atoms in total. The minimum Gasteiger partial charge on any atom is -0.477 e. The molecule has 1 aliphatic rings. The van der Waals surface area contributed by atoms with Crippen molar-refractivity contribution in [2.75, 3.05) is 30.3 Å². The maximum absolute atomic E-state index is 15.2. The minimum absolute atomic E-state index is 0.0180. The third-order valence-corrected chi connectivity index (χ3v) is 5.83. The maximum Gasteiger partial charge on any atom is 0.341 e. The first-order chi connectivity index (χ1) is 14.9. The average Bonchev–Trinajstić information content (AvgIpc) is 2.76. The number of piperazine rings is 1. The molecule has 1 aromatic heterocycles. The van der Waals surface area contributed by atoms with Crippen LogP contribution in [0.2, 0.25) is 0 Å². The number of hydrogen-bond acceptors (Lipinski definition) is 5. The number of halogens is 1. The number of rotatable bonds is 5. The zero-order chi connectivity index (χ0) is 22.1. The second kappa shape index (κ2) is 8.39. The summed E-state index contributed by atoms with van der Waals surface area (Å²) in [4.78, 5) is 26.1. The lowest BCUT2D eigenvalue weighted by Gasteiger charge is -2.38. The SMILES string of the molecule is CCn1cc(C(=O)O)c(=O)c2cc(F)c(N3CCNCC3Cc3ccc(N)cc3)cc21. The van der Waals surface area contributed by atoms with E-state index in [0.29, 0.717) is 49.5 Å². The first kappa shape index (κ1) is 20.9. The maximum atomic E-state index is 15.2. The second-order valence-corrected chi connectivity index (χ2v) is 7.78. The van der Waals surface area contributed by atoms with Crippen molar-refractivity contribution in [2.24, 2.45) is 0 Å². The van der Waals surface area contributed by atoms with E-state index in [9.17, 15) is 14.7 Å². The Labute approximate surface area is 178 Å². The number of fused-ring (bicyclic) bond motifs is 1. The summed E-state index contributed by atoms with van der Waals surface area (Å²) in [5.74, 6) is -1.84. The zero-order valence-electron chi connectivity index (χ0n) is 17.3. The van der Waals surface area contributed by atoms with E-state index in [2.05, 4.69) is 5.32 Å². The Bertz CT molecular complexity index is 1190. The van der Waals surface area contributed by atoms with E-state index in [1.807, 2.05) is 36.1 Å². The lowest BCUT2D eigenvalue weighted by molar-refractivity contribution is 0.0695. The highest BCUT2D eigenvalue weighted by Gasteiger charge is 2.26. The number of aromatic nitrogens is 1. The Morgan fingerprint density at radius 2 is 2.03 bits per heavy atom. The van der Waals surface area contributed by atoms with Crippen LogP contribution in [0.15, 0.2) is 47.4 Å². The molecule has 0 amide bonds. The molecule has 1 aliphatic heterocycles. The standard InChI is InChI=1S/C23H25FN4O3/c1-2-27-13-18(23(30)31)22(29)17-10-19(24)21(11-20(17)27)28-8-7-26-12-16(28)9-14-3-5-15(25)6-4-14/h3-6,10-11,13,16,26H,2,7-9,12,25H2,1H3,(H,30,31). The number of nitrogens with two attached hydrogens (primary N) is 1. The number of carboxylic acid groups (broad SMARTS) is 1. The van der Waals surface area contributed by atoms with E-state index < -0.39 is 17.2 Å². The Kier molecular flexibility index (Phi) is 5.65. The van der Waals surface area contributed by atoms with Gasteiger partial charge in [-0.05, 0) is 43.2 Å². The summed E-state index contributed by atoms with van der Waals surface area (Å²) >= 11 is 0. The van der Waals surface area contributed by atoms with Crippen molar-refractivity contribution in [1.82, 2.24) is 9.88 Å². The van der Waals surface area contributed by atoms with Gasteiger partial charge < -0.3 is 25.6 Å². The number of aryl methyl sites for hydroxylation is 1. The molecule has 8 heteroatoms. The van der Waals surface area contributed by atoms with Crippen LogP contribution < -0.4 is 21.4 Å². The number of hydrogen-bond donors (Lipinski definition) is 3. The highest BCUT2D eigenvalue weighted by Crippen LogP contribution is 2.28.